The van der Waals surface area contributed by atoms with Crippen LogP contribution in [0.2, 0.25) is 5.02 Å². The highest BCUT2D eigenvalue weighted by Gasteiger charge is 2.17. The third-order valence-corrected chi connectivity index (χ3v) is 4.16. The highest BCUT2D eigenvalue weighted by Crippen LogP contribution is 2.20. The molecule has 26 heavy (non-hydrogen) atoms. The first-order valence-electron chi connectivity index (χ1n) is 7.68. The maximum absolute atomic E-state index is 12.3. The van der Waals surface area contributed by atoms with E-state index in [0.29, 0.717) is 10.5 Å². The number of carbonyl (C=O) groups is 1. The second kappa shape index (κ2) is 7.01. The second-order valence-electron chi connectivity index (χ2n) is 5.70. The van der Waals surface area contributed by atoms with Crippen molar-refractivity contribution < 1.29 is 14.1 Å². The van der Waals surface area contributed by atoms with Crippen molar-refractivity contribution in [2.45, 2.75) is 19.5 Å². The smallest absolute Gasteiger partial charge is 0.407 e. The van der Waals surface area contributed by atoms with Crippen molar-refractivity contribution >= 4 is 34.3 Å². The van der Waals surface area contributed by atoms with Crippen LogP contribution in [-0.2, 0) is 11.3 Å². The number of amides is 1. The Morgan fingerprint density at radius 3 is 2.65 bits per heavy atom. The molecule has 0 aliphatic rings. The first-order valence-corrected chi connectivity index (χ1v) is 8.05. The van der Waals surface area contributed by atoms with Crippen LogP contribution < -0.4 is 11.1 Å². The molecule has 0 fully saturated rings. The zero-order valence-corrected chi connectivity index (χ0v) is 14.4. The number of nitrogens with zero attached hydrogens (tertiary/aromatic N) is 2. The molecule has 134 valence electrons. The Hall–Kier alpha value is -3.13. The predicted octanol–water partition coefficient (Wildman–Crippen LogP) is 3.03. The lowest BCUT2D eigenvalue weighted by Gasteiger charge is -2.14. The van der Waals surface area contributed by atoms with Gasteiger partial charge in [0.15, 0.2) is 5.58 Å². The number of hydrogen-bond donors (Lipinski definition) is 1. The van der Waals surface area contributed by atoms with E-state index in [9.17, 15) is 19.7 Å². The highest BCUT2D eigenvalue weighted by atomic mass is 35.5. The van der Waals surface area contributed by atoms with Crippen LogP contribution in [0.4, 0.5) is 5.69 Å². The van der Waals surface area contributed by atoms with Crippen LogP contribution >= 0.6 is 11.6 Å². The van der Waals surface area contributed by atoms with E-state index in [0.717, 1.165) is 16.2 Å². The molecular weight excluding hydrogens is 362 g/mol. The van der Waals surface area contributed by atoms with Gasteiger partial charge in [0.2, 0.25) is 5.91 Å². The molecule has 8 nitrogen and oxygen atoms in total. The van der Waals surface area contributed by atoms with Crippen molar-refractivity contribution in [3.05, 3.63) is 73.7 Å². The number of halogens is 1. The van der Waals surface area contributed by atoms with Gasteiger partial charge in [-0.2, -0.15) is 0 Å². The van der Waals surface area contributed by atoms with E-state index >= 15 is 0 Å². The lowest BCUT2D eigenvalue weighted by molar-refractivity contribution is -0.384. The summed E-state index contributed by atoms with van der Waals surface area (Å²) in [6.07, 6.45) is 0. The predicted molar refractivity (Wildman–Crippen MR) is 95.1 cm³/mol. The summed E-state index contributed by atoms with van der Waals surface area (Å²) in [5.41, 5.74) is 1.04. The minimum Gasteiger partial charge on any atom is -0.407 e. The number of fused-ring (bicyclic) bond motifs is 1. The number of benzene rings is 2. The second-order valence-corrected chi connectivity index (χ2v) is 6.14. The van der Waals surface area contributed by atoms with E-state index in [-0.39, 0.29) is 23.9 Å². The van der Waals surface area contributed by atoms with Gasteiger partial charge >= 0.3 is 5.76 Å². The molecule has 0 spiro atoms. The number of rotatable bonds is 5. The molecule has 0 aliphatic carbocycles. The fourth-order valence-electron chi connectivity index (χ4n) is 2.58. The Morgan fingerprint density at radius 1 is 1.31 bits per heavy atom. The molecule has 1 amide bonds. The molecule has 1 unspecified atom stereocenters. The van der Waals surface area contributed by atoms with Crippen molar-refractivity contribution in [1.29, 1.82) is 0 Å². The minimum absolute atomic E-state index is 0.0581. The summed E-state index contributed by atoms with van der Waals surface area (Å²) in [5.74, 6) is -1.15. The normalized spacial score (nSPS) is 12.1. The number of hydrogen-bond acceptors (Lipinski definition) is 5. The fourth-order valence-corrected chi connectivity index (χ4v) is 2.71. The first-order chi connectivity index (χ1) is 12.3. The molecule has 0 aliphatic heterocycles. The molecule has 3 aromatic rings. The molecule has 0 radical (unpaired) electrons. The Morgan fingerprint density at radius 2 is 2.00 bits per heavy atom. The van der Waals surface area contributed by atoms with E-state index in [4.69, 9.17) is 16.0 Å². The van der Waals surface area contributed by atoms with E-state index < -0.39 is 16.6 Å². The maximum atomic E-state index is 12.3. The molecule has 3 rings (SSSR count). The molecule has 2 aromatic carbocycles. The van der Waals surface area contributed by atoms with Gasteiger partial charge in [-0.3, -0.25) is 19.5 Å². The SMILES string of the molecule is CC(NC(=O)Cn1c(=O)oc2cc([N+](=O)[O-])ccc21)c1ccc(Cl)cc1. The van der Waals surface area contributed by atoms with Crippen molar-refractivity contribution in [1.82, 2.24) is 9.88 Å². The summed E-state index contributed by atoms with van der Waals surface area (Å²) in [5, 5.41) is 14.2. The highest BCUT2D eigenvalue weighted by molar-refractivity contribution is 6.30. The van der Waals surface area contributed by atoms with Gasteiger partial charge in [0.1, 0.15) is 6.54 Å². The van der Waals surface area contributed by atoms with Crippen LogP contribution in [0.15, 0.2) is 51.7 Å². The number of nitro groups is 1. The quantitative estimate of drug-likeness (QED) is 0.544. The molecule has 0 saturated carbocycles. The monoisotopic (exact) mass is 375 g/mol. The molecule has 0 saturated heterocycles. The van der Waals surface area contributed by atoms with E-state index in [2.05, 4.69) is 5.32 Å². The van der Waals surface area contributed by atoms with E-state index in [1.54, 1.807) is 31.2 Å². The summed E-state index contributed by atoms with van der Waals surface area (Å²) in [7, 11) is 0. The zero-order chi connectivity index (χ0) is 18.8. The molecule has 1 N–H and O–H groups in total. The average molecular weight is 376 g/mol. The number of carbonyl (C=O) groups excluding carboxylic acids is 1. The largest absolute Gasteiger partial charge is 0.420 e. The Kier molecular flexibility index (Phi) is 4.77. The molecule has 1 aromatic heterocycles. The van der Waals surface area contributed by atoms with Crippen molar-refractivity contribution in [2.75, 3.05) is 0 Å². The van der Waals surface area contributed by atoms with Gasteiger partial charge in [0, 0.05) is 11.1 Å². The third-order valence-electron chi connectivity index (χ3n) is 3.91. The summed E-state index contributed by atoms with van der Waals surface area (Å²) in [6, 6.07) is 10.5. The third kappa shape index (κ3) is 3.60. The van der Waals surface area contributed by atoms with E-state index in [1.807, 2.05) is 0 Å². The van der Waals surface area contributed by atoms with Gasteiger partial charge in [-0.15, -0.1) is 0 Å². The Balaban J connectivity index is 1.78. The van der Waals surface area contributed by atoms with Gasteiger partial charge in [0.05, 0.1) is 22.5 Å². The topological polar surface area (TPSA) is 107 Å². The lowest BCUT2D eigenvalue weighted by atomic mass is 10.1. The molecule has 1 atom stereocenters. The standard InChI is InChI=1S/C17H14ClN3O5/c1-10(11-2-4-12(18)5-3-11)19-16(22)9-20-14-7-6-13(21(24)25)8-15(14)26-17(20)23/h2-8,10H,9H2,1H3,(H,19,22). The zero-order valence-electron chi connectivity index (χ0n) is 13.6. The maximum Gasteiger partial charge on any atom is 0.420 e. The Bertz CT molecular complexity index is 1040. The molecule has 9 heteroatoms. The minimum atomic E-state index is -0.755. The lowest BCUT2D eigenvalue weighted by Crippen LogP contribution is -2.32. The molecule has 1 heterocycles. The van der Waals surface area contributed by atoms with Gasteiger partial charge in [-0.05, 0) is 30.7 Å². The van der Waals surface area contributed by atoms with Crippen LogP contribution in [0, 0.1) is 10.1 Å². The number of nitrogens with one attached hydrogen (secondary N) is 1. The Labute approximate surface area is 152 Å². The van der Waals surface area contributed by atoms with Crippen molar-refractivity contribution in [3.63, 3.8) is 0 Å². The molecular formula is C17H14ClN3O5. The number of aromatic nitrogens is 1. The van der Waals surface area contributed by atoms with Crippen LogP contribution in [0.1, 0.15) is 18.5 Å². The number of nitro benzene ring substituents is 1. The van der Waals surface area contributed by atoms with E-state index in [1.165, 1.54) is 12.1 Å². The summed E-state index contributed by atoms with van der Waals surface area (Å²) < 4.78 is 6.13. The first kappa shape index (κ1) is 17.7. The van der Waals surface area contributed by atoms with Crippen molar-refractivity contribution in [2.24, 2.45) is 0 Å². The van der Waals surface area contributed by atoms with Crippen LogP contribution in [0.3, 0.4) is 0 Å². The van der Waals surface area contributed by atoms with Gasteiger partial charge < -0.3 is 9.73 Å². The number of non-ortho nitro benzene ring substituents is 1. The van der Waals surface area contributed by atoms with Gasteiger partial charge in [0.25, 0.3) is 5.69 Å². The van der Waals surface area contributed by atoms with Gasteiger partial charge in [-0.25, -0.2) is 4.79 Å². The van der Waals surface area contributed by atoms with Gasteiger partial charge in [-0.1, -0.05) is 23.7 Å². The number of oxazole rings is 1. The fraction of sp³-hybridized carbons (Fsp3) is 0.176. The van der Waals surface area contributed by atoms with Crippen LogP contribution in [0.5, 0.6) is 0 Å². The summed E-state index contributed by atoms with van der Waals surface area (Å²) >= 11 is 5.84. The van der Waals surface area contributed by atoms with Crippen LogP contribution in [0.25, 0.3) is 11.1 Å². The van der Waals surface area contributed by atoms with Crippen molar-refractivity contribution in [3.8, 4) is 0 Å². The molecule has 0 bridgehead atoms. The average Bonchev–Trinajstić information content (AvgIpc) is 2.90. The summed E-state index contributed by atoms with van der Waals surface area (Å²) in [6.45, 7) is 1.54. The summed E-state index contributed by atoms with van der Waals surface area (Å²) in [4.78, 5) is 34.5. The van der Waals surface area contributed by atoms with Crippen LogP contribution in [-0.4, -0.2) is 15.4 Å².